The van der Waals surface area contributed by atoms with E-state index in [2.05, 4.69) is 16.0 Å². The molecule has 1 aliphatic rings. The Morgan fingerprint density at radius 1 is 0.860 bits per heavy atom. The zero-order chi connectivity index (χ0) is 35.5. The van der Waals surface area contributed by atoms with Gasteiger partial charge in [-0.25, -0.2) is 4.79 Å². The van der Waals surface area contributed by atoms with Gasteiger partial charge in [0.25, 0.3) is 0 Å². The first-order chi connectivity index (χ1) is 24.1. The Bertz CT molecular complexity index is 1790. The minimum atomic E-state index is -0.919. The zero-order valence-corrected chi connectivity index (χ0v) is 28.5. The molecule has 4 aromatic carbocycles. The average Bonchev–Trinajstić information content (AvgIpc) is 3.23. The fourth-order valence-electron chi connectivity index (χ4n) is 6.10. The summed E-state index contributed by atoms with van der Waals surface area (Å²) >= 11 is 0. The molecular weight excluding hydrogens is 632 g/mol. The Morgan fingerprint density at radius 3 is 2.32 bits per heavy atom. The molecule has 0 aliphatic carbocycles. The van der Waals surface area contributed by atoms with Crippen molar-refractivity contribution in [2.75, 3.05) is 18.1 Å². The van der Waals surface area contributed by atoms with Crippen molar-refractivity contribution < 1.29 is 29.0 Å². The zero-order valence-electron chi connectivity index (χ0n) is 28.5. The lowest BCUT2D eigenvalue weighted by Crippen LogP contribution is -2.51. The number of nitrogens with one attached hydrogen (secondary N) is 3. The van der Waals surface area contributed by atoms with E-state index in [9.17, 15) is 19.2 Å². The van der Waals surface area contributed by atoms with Crippen LogP contribution in [0.5, 0.6) is 0 Å². The van der Waals surface area contributed by atoms with Gasteiger partial charge in [-0.15, -0.1) is 0 Å². The van der Waals surface area contributed by atoms with E-state index in [1.54, 1.807) is 18.7 Å². The number of nitrogens with zero attached hydrogens (tertiary/aromatic N) is 1. The molecule has 1 heterocycles. The predicted molar refractivity (Wildman–Crippen MR) is 192 cm³/mol. The van der Waals surface area contributed by atoms with E-state index in [1.165, 1.54) is 0 Å². The number of aliphatic hydroxyl groups excluding tert-OH is 1. The van der Waals surface area contributed by atoms with Crippen LogP contribution >= 0.6 is 0 Å². The van der Waals surface area contributed by atoms with Gasteiger partial charge in [-0.2, -0.15) is 0 Å². The molecule has 1 atom stereocenters. The number of rotatable bonds is 13. The highest BCUT2D eigenvalue weighted by Crippen LogP contribution is 2.30. The van der Waals surface area contributed by atoms with Gasteiger partial charge in [-0.3, -0.25) is 14.4 Å². The van der Waals surface area contributed by atoms with Crippen LogP contribution in [0.25, 0.3) is 11.1 Å². The van der Waals surface area contributed by atoms with Crippen molar-refractivity contribution in [3.63, 3.8) is 0 Å². The van der Waals surface area contributed by atoms with E-state index in [0.717, 1.165) is 39.1 Å². The van der Waals surface area contributed by atoms with E-state index in [4.69, 9.17) is 9.84 Å². The summed E-state index contributed by atoms with van der Waals surface area (Å²) < 4.78 is 5.34. The molecule has 50 heavy (non-hydrogen) atoms. The van der Waals surface area contributed by atoms with Gasteiger partial charge in [-0.05, 0) is 66.1 Å². The van der Waals surface area contributed by atoms with Crippen molar-refractivity contribution >= 4 is 29.5 Å². The van der Waals surface area contributed by atoms with Gasteiger partial charge in [0.15, 0.2) is 0 Å². The van der Waals surface area contributed by atoms with Gasteiger partial charge in [0.05, 0.1) is 19.6 Å². The van der Waals surface area contributed by atoms with Gasteiger partial charge in [0, 0.05) is 24.2 Å². The molecule has 0 saturated carbocycles. The number of amides is 4. The first kappa shape index (κ1) is 35.8. The van der Waals surface area contributed by atoms with Gasteiger partial charge >= 0.3 is 6.09 Å². The minimum absolute atomic E-state index is 0.0454. The average molecular weight is 677 g/mol. The summed E-state index contributed by atoms with van der Waals surface area (Å²) in [7, 11) is 0. The van der Waals surface area contributed by atoms with E-state index in [0.29, 0.717) is 19.4 Å². The molecule has 0 saturated heterocycles. The van der Waals surface area contributed by atoms with Crippen molar-refractivity contribution in [2.45, 2.75) is 64.3 Å². The van der Waals surface area contributed by atoms with Crippen LogP contribution in [0.4, 0.5) is 10.5 Å². The van der Waals surface area contributed by atoms with Crippen LogP contribution in [-0.2, 0) is 45.1 Å². The van der Waals surface area contributed by atoms with Gasteiger partial charge < -0.3 is 30.7 Å². The Kier molecular flexibility index (Phi) is 12.0. The highest BCUT2D eigenvalue weighted by molar-refractivity contribution is 6.00. The summed E-state index contributed by atoms with van der Waals surface area (Å²) in [6.45, 7) is 3.98. The maximum absolute atomic E-state index is 14.1. The Morgan fingerprint density at radius 2 is 1.56 bits per heavy atom. The van der Waals surface area contributed by atoms with Gasteiger partial charge in [0.2, 0.25) is 17.7 Å². The highest BCUT2D eigenvalue weighted by Gasteiger charge is 2.33. The number of anilines is 1. The van der Waals surface area contributed by atoms with E-state index < -0.39 is 17.7 Å². The lowest BCUT2D eigenvalue weighted by atomic mass is 9.96. The second-order valence-electron chi connectivity index (χ2n) is 13.1. The molecule has 0 fully saturated rings. The van der Waals surface area contributed by atoms with Gasteiger partial charge in [-0.1, -0.05) is 97.1 Å². The standard InChI is InChI=1S/C40H44N4O6/c1-40(2,43-39(49)50-27-29-10-4-3-5-11-29)25-37(47)42-34-21-20-31-12-7-9-15-35(31)44(38(34)48)26-28-16-18-30(19-17-28)33-14-8-6-13-32(33)24-36(46)41-22-23-45/h3-19,34,45H,20-27H2,1-2H3,(H,41,46)(H,42,47)(H,43,49)/t34-/m1/s1. The Labute approximate surface area is 292 Å². The number of fused-ring (bicyclic) bond motifs is 1. The molecule has 4 N–H and O–H groups in total. The van der Waals surface area contributed by atoms with E-state index in [1.807, 2.05) is 103 Å². The molecule has 0 bridgehead atoms. The molecule has 1 aliphatic heterocycles. The second kappa shape index (κ2) is 16.8. The highest BCUT2D eigenvalue weighted by atomic mass is 16.5. The number of carbonyl (C=O) groups is 4. The summed E-state index contributed by atoms with van der Waals surface area (Å²) in [6, 6.07) is 32.0. The number of ether oxygens (including phenoxy) is 1. The maximum Gasteiger partial charge on any atom is 0.407 e. The molecule has 0 spiro atoms. The van der Waals surface area contributed by atoms with Crippen LogP contribution in [-0.4, -0.2) is 53.7 Å². The Balaban J connectivity index is 1.25. The smallest absolute Gasteiger partial charge is 0.407 e. The number of carbonyl (C=O) groups excluding carboxylic acids is 4. The SMILES string of the molecule is CC(C)(CC(=O)N[C@@H]1CCc2ccccc2N(Cc2ccc(-c3ccccc3CC(=O)NCCO)cc2)C1=O)NC(=O)OCc1ccccc1. The van der Waals surface area contributed by atoms with Crippen molar-refractivity contribution in [3.8, 4) is 11.1 Å². The van der Waals surface area contributed by atoms with Crippen LogP contribution in [0.1, 0.15) is 48.9 Å². The summed E-state index contributed by atoms with van der Waals surface area (Å²) in [4.78, 5) is 54.0. The molecule has 10 heteroatoms. The molecule has 260 valence electrons. The summed E-state index contributed by atoms with van der Waals surface area (Å²) in [6.07, 6.45) is 0.564. The first-order valence-electron chi connectivity index (χ1n) is 16.8. The number of hydrogen-bond donors (Lipinski definition) is 4. The van der Waals surface area contributed by atoms with Crippen LogP contribution in [0.3, 0.4) is 0 Å². The fraction of sp³-hybridized carbons (Fsp3) is 0.300. The number of aryl methyl sites for hydroxylation is 1. The largest absolute Gasteiger partial charge is 0.445 e. The molecule has 4 amide bonds. The number of alkyl carbamates (subject to hydrolysis) is 1. The summed E-state index contributed by atoms with van der Waals surface area (Å²) in [5.74, 6) is -0.723. The second-order valence-corrected chi connectivity index (χ2v) is 13.1. The van der Waals surface area contributed by atoms with Crippen LogP contribution in [0, 0.1) is 0 Å². The number of benzene rings is 4. The van der Waals surface area contributed by atoms with Crippen molar-refractivity contribution in [2.24, 2.45) is 0 Å². The third-order valence-corrected chi connectivity index (χ3v) is 8.55. The normalized spacial score (nSPS) is 14.3. The number of aliphatic hydroxyl groups is 1. The summed E-state index contributed by atoms with van der Waals surface area (Å²) in [5.41, 5.74) is 5.40. The molecule has 10 nitrogen and oxygen atoms in total. The number of hydrogen-bond acceptors (Lipinski definition) is 6. The van der Waals surface area contributed by atoms with Crippen molar-refractivity contribution in [1.82, 2.24) is 16.0 Å². The van der Waals surface area contributed by atoms with Crippen molar-refractivity contribution in [3.05, 3.63) is 125 Å². The third-order valence-electron chi connectivity index (χ3n) is 8.55. The van der Waals surface area contributed by atoms with Gasteiger partial charge in [0.1, 0.15) is 12.6 Å². The lowest BCUT2D eigenvalue weighted by Gasteiger charge is -2.28. The number of para-hydroxylation sites is 1. The monoisotopic (exact) mass is 676 g/mol. The fourth-order valence-corrected chi connectivity index (χ4v) is 6.10. The Hall–Kier alpha value is -5.48. The predicted octanol–water partition coefficient (Wildman–Crippen LogP) is 5.06. The van der Waals surface area contributed by atoms with Crippen molar-refractivity contribution in [1.29, 1.82) is 0 Å². The third kappa shape index (κ3) is 9.79. The quantitative estimate of drug-likeness (QED) is 0.156. The minimum Gasteiger partial charge on any atom is -0.445 e. The summed E-state index contributed by atoms with van der Waals surface area (Å²) in [5, 5.41) is 17.4. The van der Waals surface area contributed by atoms with Crippen LogP contribution in [0.15, 0.2) is 103 Å². The van der Waals surface area contributed by atoms with Crippen LogP contribution in [0.2, 0.25) is 0 Å². The topological polar surface area (TPSA) is 137 Å². The van der Waals surface area contributed by atoms with Crippen LogP contribution < -0.4 is 20.9 Å². The molecular formula is C40H44N4O6. The molecule has 4 aromatic rings. The van der Waals surface area contributed by atoms with E-state index >= 15 is 0 Å². The first-order valence-corrected chi connectivity index (χ1v) is 16.8. The van der Waals surface area contributed by atoms with E-state index in [-0.39, 0.29) is 50.3 Å². The molecule has 0 unspecified atom stereocenters. The lowest BCUT2D eigenvalue weighted by molar-refractivity contribution is -0.128. The molecule has 0 aromatic heterocycles. The molecule has 5 rings (SSSR count). The molecule has 0 radical (unpaired) electrons. The maximum atomic E-state index is 14.1.